The molecule has 0 atom stereocenters. The largest absolute Gasteiger partial charge is 0.396 e. The van der Waals surface area contributed by atoms with E-state index in [0.29, 0.717) is 0 Å². The minimum atomic E-state index is -0.825. The molecule has 0 spiro atoms. The predicted molar refractivity (Wildman–Crippen MR) is 27.7 cm³/mol. The molecule has 2 N–H and O–H groups in total. The van der Waals surface area contributed by atoms with Crippen LogP contribution in [0, 0.1) is 6.42 Å². The number of rotatable bonds is 2. The van der Waals surface area contributed by atoms with Gasteiger partial charge in [-0.2, -0.15) is 0 Å². The fourth-order valence-electron chi connectivity index (χ4n) is 0.223. The van der Waals surface area contributed by atoms with Crippen LogP contribution < -0.4 is 0 Å². The fraction of sp³-hybridized carbons (Fsp3) is 0.800. The number of aliphatic hydroxyl groups is 2. The van der Waals surface area contributed by atoms with Crippen LogP contribution in [0.25, 0.3) is 0 Å². The van der Waals surface area contributed by atoms with E-state index in [1.165, 1.54) is 6.42 Å². The smallest absolute Gasteiger partial charge is 0.0646 e. The highest BCUT2D eigenvalue weighted by Gasteiger charge is 2.09. The highest BCUT2D eigenvalue weighted by molar-refractivity contribution is 4.82. The molecule has 0 rings (SSSR count). The van der Waals surface area contributed by atoms with Gasteiger partial charge >= 0.3 is 0 Å². The molecule has 0 saturated heterocycles. The van der Waals surface area contributed by atoms with Gasteiger partial charge in [0.2, 0.25) is 0 Å². The zero-order chi connectivity index (χ0) is 5.91. The molecule has 0 fully saturated rings. The Balaban J connectivity index is 3.15. The maximum absolute atomic E-state index is 8.80. The van der Waals surface area contributed by atoms with Gasteiger partial charge in [0, 0.05) is 13.0 Å². The zero-order valence-corrected chi connectivity index (χ0v) is 4.68. The highest BCUT2D eigenvalue weighted by Crippen LogP contribution is 2.02. The van der Waals surface area contributed by atoms with Gasteiger partial charge in [-0.25, -0.2) is 0 Å². The lowest BCUT2D eigenvalue weighted by molar-refractivity contribution is 0.0995. The molecule has 0 bridgehead atoms. The first kappa shape index (κ1) is 6.92. The third-order valence-corrected chi connectivity index (χ3v) is 0.591. The van der Waals surface area contributed by atoms with E-state index in [1.54, 1.807) is 13.8 Å². The first-order valence-electron chi connectivity index (χ1n) is 2.24. The van der Waals surface area contributed by atoms with Crippen LogP contribution in [0.1, 0.15) is 13.8 Å². The van der Waals surface area contributed by atoms with Crippen LogP contribution >= 0.6 is 0 Å². The zero-order valence-electron chi connectivity index (χ0n) is 4.68. The molecule has 0 aliphatic heterocycles. The van der Waals surface area contributed by atoms with Crippen molar-refractivity contribution < 1.29 is 10.2 Å². The van der Waals surface area contributed by atoms with Crippen molar-refractivity contribution >= 4 is 0 Å². The molecule has 0 heterocycles. The van der Waals surface area contributed by atoms with E-state index in [0.717, 1.165) is 0 Å². The summed E-state index contributed by atoms with van der Waals surface area (Å²) in [7, 11) is 0. The summed E-state index contributed by atoms with van der Waals surface area (Å²) >= 11 is 0. The molecule has 43 valence electrons. The summed E-state index contributed by atoms with van der Waals surface area (Å²) < 4.78 is 0. The van der Waals surface area contributed by atoms with E-state index in [2.05, 4.69) is 0 Å². The van der Waals surface area contributed by atoms with Crippen molar-refractivity contribution in [2.75, 3.05) is 6.61 Å². The van der Waals surface area contributed by atoms with Crippen molar-refractivity contribution in [3.63, 3.8) is 0 Å². The second-order valence-electron chi connectivity index (χ2n) is 2.04. The van der Waals surface area contributed by atoms with Gasteiger partial charge in [0.1, 0.15) is 0 Å². The Bertz CT molecular complexity index is 44.5. The molecular formula is C5H11O2. The standard InChI is InChI=1S/C5H11O2/c1-5(2,7)3-4-6/h3,6-7H,4H2,1-2H3. The lowest BCUT2D eigenvalue weighted by atomic mass is 10.1. The first-order chi connectivity index (χ1) is 3.06. The minimum Gasteiger partial charge on any atom is -0.396 e. The lowest BCUT2D eigenvalue weighted by Gasteiger charge is -2.12. The molecule has 0 saturated carbocycles. The molecule has 0 aromatic heterocycles. The Labute approximate surface area is 43.8 Å². The van der Waals surface area contributed by atoms with Crippen molar-refractivity contribution in [2.24, 2.45) is 0 Å². The van der Waals surface area contributed by atoms with Crippen LogP contribution in [-0.4, -0.2) is 22.4 Å². The van der Waals surface area contributed by atoms with Crippen molar-refractivity contribution in [3.05, 3.63) is 6.42 Å². The normalized spacial score (nSPS) is 12.0. The first-order valence-corrected chi connectivity index (χ1v) is 2.24. The van der Waals surface area contributed by atoms with Gasteiger partial charge in [-0.3, -0.25) is 0 Å². The Morgan fingerprint density at radius 1 is 1.57 bits per heavy atom. The Morgan fingerprint density at radius 2 is 2.00 bits per heavy atom. The van der Waals surface area contributed by atoms with Crippen LogP contribution in [-0.2, 0) is 0 Å². The van der Waals surface area contributed by atoms with Gasteiger partial charge < -0.3 is 10.2 Å². The van der Waals surface area contributed by atoms with Gasteiger partial charge in [0.05, 0.1) is 5.60 Å². The molecular weight excluding hydrogens is 92.1 g/mol. The van der Waals surface area contributed by atoms with Crippen molar-refractivity contribution in [2.45, 2.75) is 19.4 Å². The number of hydrogen-bond donors (Lipinski definition) is 2. The summed E-state index contributed by atoms with van der Waals surface area (Å²) in [6.07, 6.45) is 1.42. The summed E-state index contributed by atoms with van der Waals surface area (Å²) in [5, 5.41) is 17.0. The molecule has 2 heteroatoms. The molecule has 7 heavy (non-hydrogen) atoms. The molecule has 0 aromatic rings. The van der Waals surface area contributed by atoms with Crippen molar-refractivity contribution in [1.29, 1.82) is 0 Å². The van der Waals surface area contributed by atoms with Crippen LogP contribution in [0.5, 0.6) is 0 Å². The van der Waals surface area contributed by atoms with Crippen LogP contribution in [0.4, 0.5) is 0 Å². The second-order valence-corrected chi connectivity index (χ2v) is 2.04. The van der Waals surface area contributed by atoms with Gasteiger partial charge in [-0.15, -0.1) is 0 Å². The summed E-state index contributed by atoms with van der Waals surface area (Å²) in [4.78, 5) is 0. The number of aliphatic hydroxyl groups excluding tert-OH is 1. The fourth-order valence-corrected chi connectivity index (χ4v) is 0.223. The Kier molecular flexibility index (Phi) is 2.26. The SMILES string of the molecule is CC(C)(O)[CH]CO. The van der Waals surface area contributed by atoms with Crippen molar-refractivity contribution in [1.82, 2.24) is 0 Å². The van der Waals surface area contributed by atoms with E-state index in [1.807, 2.05) is 0 Å². The van der Waals surface area contributed by atoms with Crippen LogP contribution in [0.3, 0.4) is 0 Å². The van der Waals surface area contributed by atoms with Gasteiger partial charge in [0.15, 0.2) is 0 Å². The molecule has 2 nitrogen and oxygen atoms in total. The summed E-state index contributed by atoms with van der Waals surface area (Å²) in [5.41, 5.74) is -0.825. The molecule has 0 amide bonds. The van der Waals surface area contributed by atoms with Crippen molar-refractivity contribution in [3.8, 4) is 0 Å². The maximum Gasteiger partial charge on any atom is 0.0646 e. The quantitative estimate of drug-likeness (QED) is 0.514. The lowest BCUT2D eigenvalue weighted by Crippen LogP contribution is -2.20. The third kappa shape index (κ3) is 5.92. The molecule has 1 radical (unpaired) electrons. The van der Waals surface area contributed by atoms with Gasteiger partial charge in [-0.1, -0.05) is 0 Å². The second kappa shape index (κ2) is 2.28. The average molecular weight is 103 g/mol. The monoisotopic (exact) mass is 103 g/mol. The molecule has 0 aliphatic rings. The van der Waals surface area contributed by atoms with Gasteiger partial charge in [0.25, 0.3) is 0 Å². The molecule has 0 aromatic carbocycles. The maximum atomic E-state index is 8.80. The summed E-state index contributed by atoms with van der Waals surface area (Å²) in [6.45, 7) is 3.16. The topological polar surface area (TPSA) is 40.5 Å². The number of hydrogen-bond acceptors (Lipinski definition) is 2. The molecule has 0 unspecified atom stereocenters. The Morgan fingerprint density at radius 3 is 2.00 bits per heavy atom. The summed E-state index contributed by atoms with van der Waals surface area (Å²) in [6, 6.07) is 0. The minimum absolute atomic E-state index is 0.0660. The van der Waals surface area contributed by atoms with E-state index in [4.69, 9.17) is 10.2 Å². The Hall–Kier alpha value is -0.0800. The van der Waals surface area contributed by atoms with Gasteiger partial charge in [-0.05, 0) is 13.8 Å². The molecule has 0 aliphatic carbocycles. The van der Waals surface area contributed by atoms with Crippen LogP contribution in [0.15, 0.2) is 0 Å². The highest BCUT2D eigenvalue weighted by atomic mass is 16.3. The average Bonchev–Trinajstić information content (AvgIpc) is 1.30. The van der Waals surface area contributed by atoms with Crippen LogP contribution in [0.2, 0.25) is 0 Å². The third-order valence-electron chi connectivity index (χ3n) is 0.591. The summed E-state index contributed by atoms with van der Waals surface area (Å²) in [5.74, 6) is 0. The van der Waals surface area contributed by atoms with E-state index < -0.39 is 5.60 Å². The van der Waals surface area contributed by atoms with E-state index >= 15 is 0 Å². The van der Waals surface area contributed by atoms with E-state index in [-0.39, 0.29) is 6.61 Å². The van der Waals surface area contributed by atoms with E-state index in [9.17, 15) is 0 Å². The predicted octanol–water partition coefficient (Wildman–Crippen LogP) is -0.0461.